The minimum Gasteiger partial charge on any atom is -0.448 e. The molecule has 72 valence electrons. The number of nitrogens with zero attached hydrogens (tertiary/aromatic N) is 1. The topological polar surface area (TPSA) is 46.3 Å². The smallest absolute Gasteiger partial charge is 0.198 e. The zero-order valence-corrected chi connectivity index (χ0v) is 7.68. The molecule has 0 fully saturated rings. The van der Waals surface area contributed by atoms with Gasteiger partial charge in [-0.2, -0.15) is 0 Å². The minimum atomic E-state index is -0.0711. The van der Waals surface area contributed by atoms with Gasteiger partial charge < -0.3 is 9.52 Å². The third kappa shape index (κ3) is 2.00. The molecular weight excluding hydrogens is 178 g/mol. The predicted molar refractivity (Wildman–Crippen MR) is 51.7 cm³/mol. The zero-order chi connectivity index (χ0) is 9.80. The first-order valence-corrected chi connectivity index (χ1v) is 4.46. The summed E-state index contributed by atoms with van der Waals surface area (Å²) in [5, 5.41) is 8.79. The zero-order valence-electron chi connectivity index (χ0n) is 7.68. The molecule has 0 aliphatic rings. The highest BCUT2D eigenvalue weighted by Crippen LogP contribution is 2.08. The summed E-state index contributed by atoms with van der Waals surface area (Å²) in [4.78, 5) is 4.11. The van der Waals surface area contributed by atoms with E-state index in [0.29, 0.717) is 18.0 Å². The van der Waals surface area contributed by atoms with Crippen molar-refractivity contribution in [3.63, 3.8) is 0 Å². The lowest BCUT2D eigenvalue weighted by Gasteiger charge is -1.94. The monoisotopic (exact) mass is 189 g/mol. The van der Waals surface area contributed by atoms with E-state index in [1.54, 1.807) is 0 Å². The number of aliphatic hydroxyl groups excluding tert-OH is 1. The van der Waals surface area contributed by atoms with E-state index in [0.717, 1.165) is 5.56 Å². The summed E-state index contributed by atoms with van der Waals surface area (Å²) >= 11 is 0. The van der Waals surface area contributed by atoms with Gasteiger partial charge in [0, 0.05) is 6.42 Å². The van der Waals surface area contributed by atoms with E-state index in [2.05, 4.69) is 4.98 Å². The van der Waals surface area contributed by atoms with Gasteiger partial charge in [0.25, 0.3) is 0 Å². The van der Waals surface area contributed by atoms with Gasteiger partial charge in [0.05, 0.1) is 6.61 Å². The number of benzene rings is 1. The van der Waals surface area contributed by atoms with Crippen LogP contribution >= 0.6 is 0 Å². The van der Waals surface area contributed by atoms with Crippen molar-refractivity contribution in [1.82, 2.24) is 4.98 Å². The summed E-state index contributed by atoms with van der Waals surface area (Å²) < 4.78 is 5.19. The SMILES string of the molecule is OCc1coc(Cc2ccccc2)n1. The van der Waals surface area contributed by atoms with Crippen LogP contribution in [-0.4, -0.2) is 10.1 Å². The van der Waals surface area contributed by atoms with Gasteiger partial charge in [-0.1, -0.05) is 30.3 Å². The van der Waals surface area contributed by atoms with Crippen LogP contribution in [0.25, 0.3) is 0 Å². The fourth-order valence-electron chi connectivity index (χ4n) is 1.27. The third-order valence-corrected chi connectivity index (χ3v) is 1.96. The fraction of sp³-hybridized carbons (Fsp3) is 0.182. The van der Waals surface area contributed by atoms with Crippen molar-refractivity contribution in [2.75, 3.05) is 0 Å². The Morgan fingerprint density at radius 1 is 1.21 bits per heavy atom. The van der Waals surface area contributed by atoms with Crippen molar-refractivity contribution in [3.05, 3.63) is 53.7 Å². The van der Waals surface area contributed by atoms with Crippen molar-refractivity contribution in [2.24, 2.45) is 0 Å². The Labute approximate surface area is 82.0 Å². The van der Waals surface area contributed by atoms with Crippen LogP contribution in [0, 0.1) is 0 Å². The van der Waals surface area contributed by atoms with Gasteiger partial charge in [-0.05, 0) is 5.56 Å². The first-order valence-electron chi connectivity index (χ1n) is 4.46. The van der Waals surface area contributed by atoms with Crippen LogP contribution < -0.4 is 0 Å². The summed E-state index contributed by atoms with van der Waals surface area (Å²) in [6.45, 7) is -0.0711. The van der Waals surface area contributed by atoms with Gasteiger partial charge >= 0.3 is 0 Å². The van der Waals surface area contributed by atoms with Gasteiger partial charge in [-0.15, -0.1) is 0 Å². The predicted octanol–water partition coefficient (Wildman–Crippen LogP) is 1.76. The maximum absolute atomic E-state index is 8.79. The highest BCUT2D eigenvalue weighted by atomic mass is 16.3. The molecule has 0 aliphatic heterocycles. The molecular formula is C11H11NO2. The molecule has 14 heavy (non-hydrogen) atoms. The molecule has 0 saturated heterocycles. The quantitative estimate of drug-likeness (QED) is 0.800. The summed E-state index contributed by atoms with van der Waals surface area (Å²) in [7, 11) is 0. The van der Waals surface area contributed by atoms with Gasteiger partial charge in [0.1, 0.15) is 12.0 Å². The highest BCUT2D eigenvalue weighted by Gasteiger charge is 2.03. The third-order valence-electron chi connectivity index (χ3n) is 1.96. The van der Waals surface area contributed by atoms with Crippen molar-refractivity contribution in [2.45, 2.75) is 13.0 Å². The van der Waals surface area contributed by atoms with Crippen LogP contribution in [0.2, 0.25) is 0 Å². The lowest BCUT2D eigenvalue weighted by molar-refractivity contribution is 0.276. The standard InChI is InChI=1S/C11H11NO2/c13-7-10-8-14-11(12-10)6-9-4-2-1-3-5-9/h1-5,8,13H,6-7H2. The van der Waals surface area contributed by atoms with Gasteiger partial charge in [0.2, 0.25) is 0 Å². The number of oxazole rings is 1. The molecule has 1 heterocycles. The second-order valence-electron chi connectivity index (χ2n) is 3.05. The average molecular weight is 189 g/mol. The van der Waals surface area contributed by atoms with E-state index in [9.17, 15) is 0 Å². The fourth-order valence-corrected chi connectivity index (χ4v) is 1.27. The van der Waals surface area contributed by atoms with Crippen molar-refractivity contribution < 1.29 is 9.52 Å². The molecule has 0 saturated carbocycles. The van der Waals surface area contributed by atoms with Crippen molar-refractivity contribution >= 4 is 0 Å². The molecule has 0 bridgehead atoms. The molecule has 2 aromatic rings. The van der Waals surface area contributed by atoms with E-state index < -0.39 is 0 Å². The minimum absolute atomic E-state index is 0.0711. The molecule has 0 aliphatic carbocycles. The number of hydrogen-bond donors (Lipinski definition) is 1. The second-order valence-corrected chi connectivity index (χ2v) is 3.05. The molecule has 0 atom stereocenters. The van der Waals surface area contributed by atoms with Crippen LogP contribution in [0.1, 0.15) is 17.1 Å². The Hall–Kier alpha value is -1.61. The van der Waals surface area contributed by atoms with E-state index >= 15 is 0 Å². The van der Waals surface area contributed by atoms with Gasteiger partial charge in [-0.3, -0.25) is 0 Å². The average Bonchev–Trinajstić information content (AvgIpc) is 2.67. The van der Waals surface area contributed by atoms with Crippen LogP contribution in [0.5, 0.6) is 0 Å². The Bertz CT molecular complexity index is 395. The number of aromatic nitrogens is 1. The van der Waals surface area contributed by atoms with Gasteiger partial charge in [-0.25, -0.2) is 4.98 Å². The van der Waals surface area contributed by atoms with Crippen molar-refractivity contribution in [3.8, 4) is 0 Å². The maximum Gasteiger partial charge on any atom is 0.198 e. The summed E-state index contributed by atoms with van der Waals surface area (Å²) in [6.07, 6.45) is 2.15. The molecule has 1 N–H and O–H groups in total. The van der Waals surface area contributed by atoms with E-state index in [4.69, 9.17) is 9.52 Å². The van der Waals surface area contributed by atoms with E-state index in [1.165, 1.54) is 6.26 Å². The van der Waals surface area contributed by atoms with Crippen LogP contribution in [0.3, 0.4) is 0 Å². The molecule has 2 rings (SSSR count). The van der Waals surface area contributed by atoms with E-state index in [-0.39, 0.29) is 6.61 Å². The molecule has 0 radical (unpaired) electrons. The van der Waals surface area contributed by atoms with Crippen LogP contribution in [-0.2, 0) is 13.0 Å². The Morgan fingerprint density at radius 3 is 2.64 bits per heavy atom. The Balaban J connectivity index is 2.11. The van der Waals surface area contributed by atoms with Crippen molar-refractivity contribution in [1.29, 1.82) is 0 Å². The first kappa shape index (κ1) is 8.97. The summed E-state index contributed by atoms with van der Waals surface area (Å²) in [5.74, 6) is 0.639. The summed E-state index contributed by atoms with van der Waals surface area (Å²) in [5.41, 5.74) is 1.73. The Morgan fingerprint density at radius 2 is 2.00 bits per heavy atom. The molecule has 3 nitrogen and oxygen atoms in total. The molecule has 1 aromatic carbocycles. The molecule has 3 heteroatoms. The number of aliphatic hydroxyl groups is 1. The Kier molecular flexibility index (Phi) is 2.60. The molecule has 0 amide bonds. The number of hydrogen-bond acceptors (Lipinski definition) is 3. The van der Waals surface area contributed by atoms with Gasteiger partial charge in [0.15, 0.2) is 5.89 Å². The first-order chi connectivity index (χ1) is 6.88. The largest absolute Gasteiger partial charge is 0.448 e. The second kappa shape index (κ2) is 4.07. The molecule has 0 spiro atoms. The molecule has 1 aromatic heterocycles. The maximum atomic E-state index is 8.79. The number of rotatable bonds is 3. The lowest BCUT2D eigenvalue weighted by Crippen LogP contribution is -1.89. The lowest BCUT2D eigenvalue weighted by atomic mass is 10.1. The van der Waals surface area contributed by atoms with E-state index in [1.807, 2.05) is 30.3 Å². The molecule has 0 unspecified atom stereocenters. The van der Waals surface area contributed by atoms with Crippen LogP contribution in [0.15, 0.2) is 41.0 Å². The normalized spacial score (nSPS) is 10.4. The van der Waals surface area contributed by atoms with Crippen LogP contribution in [0.4, 0.5) is 0 Å². The highest BCUT2D eigenvalue weighted by molar-refractivity contribution is 5.18. The summed E-state index contributed by atoms with van der Waals surface area (Å²) in [6, 6.07) is 9.96.